The molecular formula is C12H18N2O4. The average molecular weight is 254 g/mol. The highest BCUT2D eigenvalue weighted by atomic mass is 16.5. The second-order valence-electron chi connectivity index (χ2n) is 3.90. The van der Waals surface area contributed by atoms with Crippen molar-refractivity contribution in [1.82, 2.24) is 0 Å². The van der Waals surface area contributed by atoms with E-state index in [1.165, 1.54) is 14.2 Å². The number of nitrogens with two attached hydrogens (primary N) is 2. The van der Waals surface area contributed by atoms with Crippen molar-refractivity contribution in [3.8, 4) is 11.5 Å². The maximum absolute atomic E-state index is 10.7. The largest absolute Gasteiger partial charge is 0.493 e. The van der Waals surface area contributed by atoms with E-state index in [1.54, 1.807) is 18.2 Å². The molecule has 2 atom stereocenters. The quantitative estimate of drug-likeness (QED) is 0.682. The molecule has 0 fully saturated rings. The van der Waals surface area contributed by atoms with Crippen molar-refractivity contribution in [2.45, 2.75) is 18.5 Å². The van der Waals surface area contributed by atoms with Gasteiger partial charge in [0.2, 0.25) is 0 Å². The van der Waals surface area contributed by atoms with Crippen molar-refractivity contribution in [3.05, 3.63) is 23.8 Å². The second kappa shape index (κ2) is 6.23. The summed E-state index contributed by atoms with van der Waals surface area (Å²) in [6.07, 6.45) is 0.158. The summed E-state index contributed by atoms with van der Waals surface area (Å²) in [6, 6.07) is 3.77. The first kappa shape index (κ1) is 14.3. The molecule has 0 amide bonds. The summed E-state index contributed by atoms with van der Waals surface area (Å²) in [7, 11) is 3.06. The maximum atomic E-state index is 10.7. The normalized spacial score (nSPS) is 13.8. The molecule has 6 nitrogen and oxygen atoms in total. The van der Waals surface area contributed by atoms with Gasteiger partial charge in [-0.25, -0.2) is 0 Å². The molecule has 0 saturated carbocycles. The van der Waals surface area contributed by atoms with E-state index in [0.29, 0.717) is 11.5 Å². The van der Waals surface area contributed by atoms with Gasteiger partial charge < -0.3 is 26.0 Å². The Balaban J connectivity index is 2.86. The van der Waals surface area contributed by atoms with Crippen molar-refractivity contribution in [2.75, 3.05) is 14.2 Å². The van der Waals surface area contributed by atoms with Crippen molar-refractivity contribution in [2.24, 2.45) is 11.5 Å². The molecule has 2 unspecified atom stereocenters. The Bertz CT molecular complexity index is 423. The first-order valence-electron chi connectivity index (χ1n) is 5.45. The minimum Gasteiger partial charge on any atom is -0.493 e. The highest BCUT2D eigenvalue weighted by Gasteiger charge is 2.18. The van der Waals surface area contributed by atoms with E-state index in [2.05, 4.69) is 0 Å². The highest BCUT2D eigenvalue weighted by molar-refractivity contribution is 5.73. The van der Waals surface area contributed by atoms with E-state index in [-0.39, 0.29) is 6.42 Å². The van der Waals surface area contributed by atoms with Gasteiger partial charge in [-0.1, -0.05) is 6.07 Å². The van der Waals surface area contributed by atoms with E-state index in [9.17, 15) is 4.79 Å². The van der Waals surface area contributed by atoms with Gasteiger partial charge in [-0.2, -0.15) is 0 Å². The number of carbonyl (C=O) groups is 1. The lowest BCUT2D eigenvalue weighted by Gasteiger charge is -2.16. The summed E-state index contributed by atoms with van der Waals surface area (Å²) < 4.78 is 10.3. The molecule has 6 heteroatoms. The third kappa shape index (κ3) is 3.35. The summed E-state index contributed by atoms with van der Waals surface area (Å²) >= 11 is 0. The number of methoxy groups -OCH3 is 2. The molecule has 1 aromatic rings. The summed E-state index contributed by atoms with van der Waals surface area (Å²) in [4.78, 5) is 10.7. The number of benzene rings is 1. The predicted octanol–water partition coefficient (Wildman–Crippen LogP) is 0.506. The van der Waals surface area contributed by atoms with Gasteiger partial charge in [0.05, 0.1) is 14.2 Å². The molecule has 0 heterocycles. The topological polar surface area (TPSA) is 108 Å². The number of rotatable bonds is 6. The van der Waals surface area contributed by atoms with Gasteiger partial charge in [-0.15, -0.1) is 0 Å². The molecule has 0 aliphatic rings. The highest BCUT2D eigenvalue weighted by Crippen LogP contribution is 2.30. The molecule has 0 bridgehead atoms. The Morgan fingerprint density at radius 2 is 1.89 bits per heavy atom. The van der Waals surface area contributed by atoms with Gasteiger partial charge in [0, 0.05) is 6.04 Å². The van der Waals surface area contributed by atoms with Gasteiger partial charge in [-0.3, -0.25) is 4.79 Å². The lowest BCUT2D eigenvalue weighted by molar-refractivity contribution is -0.138. The monoisotopic (exact) mass is 254 g/mol. The zero-order chi connectivity index (χ0) is 13.7. The van der Waals surface area contributed by atoms with E-state index in [4.69, 9.17) is 26.0 Å². The lowest BCUT2D eigenvalue weighted by atomic mass is 10.00. The fourth-order valence-electron chi connectivity index (χ4n) is 1.59. The molecule has 0 aliphatic heterocycles. The van der Waals surface area contributed by atoms with Crippen LogP contribution in [0.5, 0.6) is 11.5 Å². The minimum absolute atomic E-state index is 0.158. The van der Waals surface area contributed by atoms with E-state index in [1.807, 2.05) is 0 Å². The van der Waals surface area contributed by atoms with Crippen LogP contribution < -0.4 is 20.9 Å². The number of carboxylic acids is 1. The molecule has 5 N–H and O–H groups in total. The minimum atomic E-state index is -1.06. The first-order chi connectivity index (χ1) is 8.49. The van der Waals surface area contributed by atoms with Crippen LogP contribution in [0.4, 0.5) is 0 Å². The summed E-state index contributed by atoms with van der Waals surface area (Å²) in [5.74, 6) is 0.0799. The third-order valence-corrected chi connectivity index (χ3v) is 2.66. The van der Waals surface area contributed by atoms with Crippen LogP contribution in [0.3, 0.4) is 0 Å². The summed E-state index contributed by atoms with van der Waals surface area (Å²) in [5, 5.41) is 8.74. The Kier molecular flexibility index (Phi) is 4.94. The Morgan fingerprint density at radius 1 is 1.28 bits per heavy atom. The van der Waals surface area contributed by atoms with Gasteiger partial charge in [0.15, 0.2) is 11.5 Å². The van der Waals surface area contributed by atoms with Crippen LogP contribution in [0.1, 0.15) is 18.0 Å². The molecule has 100 valence electrons. The van der Waals surface area contributed by atoms with Crippen LogP contribution in [-0.4, -0.2) is 31.3 Å². The van der Waals surface area contributed by atoms with Crippen molar-refractivity contribution in [1.29, 1.82) is 0 Å². The molecule has 0 spiro atoms. The zero-order valence-electron chi connectivity index (χ0n) is 10.4. The van der Waals surface area contributed by atoms with Crippen LogP contribution in [-0.2, 0) is 4.79 Å². The average Bonchev–Trinajstić information content (AvgIpc) is 2.37. The SMILES string of the molecule is COc1ccc(C(N)CC(N)C(=O)O)cc1OC. The Labute approximate surface area is 105 Å². The molecule has 1 rings (SSSR count). The number of hydrogen-bond donors (Lipinski definition) is 3. The van der Waals surface area contributed by atoms with Crippen molar-refractivity contribution < 1.29 is 19.4 Å². The lowest BCUT2D eigenvalue weighted by Crippen LogP contribution is -2.33. The van der Waals surface area contributed by atoms with E-state index < -0.39 is 18.1 Å². The fourth-order valence-corrected chi connectivity index (χ4v) is 1.59. The van der Waals surface area contributed by atoms with Gasteiger partial charge >= 0.3 is 5.97 Å². The van der Waals surface area contributed by atoms with Crippen LogP contribution in [0.15, 0.2) is 18.2 Å². The number of carboxylic acid groups (broad SMARTS) is 1. The summed E-state index contributed by atoms with van der Waals surface area (Å²) in [6.45, 7) is 0. The van der Waals surface area contributed by atoms with E-state index in [0.717, 1.165) is 5.56 Å². The van der Waals surface area contributed by atoms with Crippen molar-refractivity contribution >= 4 is 5.97 Å². The van der Waals surface area contributed by atoms with Crippen LogP contribution in [0, 0.1) is 0 Å². The zero-order valence-corrected chi connectivity index (χ0v) is 10.4. The Hall–Kier alpha value is -1.79. The molecule has 18 heavy (non-hydrogen) atoms. The third-order valence-electron chi connectivity index (χ3n) is 2.66. The molecule has 0 aromatic heterocycles. The Morgan fingerprint density at radius 3 is 2.39 bits per heavy atom. The molecular weight excluding hydrogens is 236 g/mol. The predicted molar refractivity (Wildman–Crippen MR) is 66.7 cm³/mol. The van der Waals surface area contributed by atoms with Crippen LogP contribution in [0.25, 0.3) is 0 Å². The first-order valence-corrected chi connectivity index (χ1v) is 5.45. The second-order valence-corrected chi connectivity index (χ2v) is 3.90. The molecule has 0 radical (unpaired) electrons. The smallest absolute Gasteiger partial charge is 0.320 e. The van der Waals surface area contributed by atoms with Crippen LogP contribution >= 0.6 is 0 Å². The fraction of sp³-hybridized carbons (Fsp3) is 0.417. The number of hydrogen-bond acceptors (Lipinski definition) is 5. The van der Waals surface area contributed by atoms with Gasteiger partial charge in [0.1, 0.15) is 6.04 Å². The van der Waals surface area contributed by atoms with Crippen LogP contribution in [0.2, 0.25) is 0 Å². The standard InChI is InChI=1S/C12H18N2O4/c1-17-10-4-3-7(5-11(10)18-2)8(13)6-9(14)12(15)16/h3-5,8-9H,6,13-14H2,1-2H3,(H,15,16). The van der Waals surface area contributed by atoms with Gasteiger partial charge in [0.25, 0.3) is 0 Å². The maximum Gasteiger partial charge on any atom is 0.320 e. The molecule has 0 saturated heterocycles. The molecule has 0 aliphatic carbocycles. The van der Waals surface area contributed by atoms with Gasteiger partial charge in [-0.05, 0) is 24.1 Å². The molecule has 1 aromatic carbocycles. The number of aliphatic carboxylic acids is 1. The van der Waals surface area contributed by atoms with E-state index >= 15 is 0 Å². The summed E-state index contributed by atoms with van der Waals surface area (Å²) in [5.41, 5.74) is 12.1. The number of ether oxygens (including phenoxy) is 2. The van der Waals surface area contributed by atoms with Crippen molar-refractivity contribution in [3.63, 3.8) is 0 Å².